The standard InChI is InChI=1S/C12H19NOS/c1-10(6-8-14)15-9-7-11-4-2-3-5-12(11)13/h2-5,10,14H,6-9,13H2,1H3. The molecule has 0 heterocycles. The number of anilines is 1. The molecule has 1 aromatic rings. The third-order valence-corrected chi connectivity index (χ3v) is 3.61. The molecule has 84 valence electrons. The van der Waals surface area contributed by atoms with Gasteiger partial charge in [0.05, 0.1) is 0 Å². The summed E-state index contributed by atoms with van der Waals surface area (Å²) in [5.41, 5.74) is 7.95. The van der Waals surface area contributed by atoms with E-state index < -0.39 is 0 Å². The highest BCUT2D eigenvalue weighted by Gasteiger charge is 2.02. The summed E-state index contributed by atoms with van der Waals surface area (Å²) in [4.78, 5) is 0. The fourth-order valence-corrected chi connectivity index (χ4v) is 2.41. The van der Waals surface area contributed by atoms with Crippen LogP contribution in [0.1, 0.15) is 18.9 Å². The first-order chi connectivity index (χ1) is 7.24. The van der Waals surface area contributed by atoms with E-state index in [0.717, 1.165) is 24.3 Å². The van der Waals surface area contributed by atoms with Gasteiger partial charge in [0.25, 0.3) is 0 Å². The maximum Gasteiger partial charge on any atom is 0.0441 e. The summed E-state index contributed by atoms with van der Waals surface area (Å²) < 4.78 is 0. The fraction of sp³-hybridized carbons (Fsp3) is 0.500. The van der Waals surface area contributed by atoms with Crippen molar-refractivity contribution in [3.8, 4) is 0 Å². The largest absolute Gasteiger partial charge is 0.399 e. The van der Waals surface area contributed by atoms with E-state index >= 15 is 0 Å². The molecular weight excluding hydrogens is 206 g/mol. The van der Waals surface area contributed by atoms with Gasteiger partial charge in [-0.05, 0) is 30.2 Å². The first-order valence-corrected chi connectivity index (χ1v) is 6.34. The number of aryl methyl sites for hydroxylation is 1. The van der Waals surface area contributed by atoms with Gasteiger partial charge in [-0.15, -0.1) is 0 Å². The van der Waals surface area contributed by atoms with Crippen molar-refractivity contribution in [1.82, 2.24) is 0 Å². The molecule has 0 aromatic heterocycles. The van der Waals surface area contributed by atoms with Gasteiger partial charge in [0, 0.05) is 17.5 Å². The Morgan fingerprint density at radius 1 is 1.40 bits per heavy atom. The third kappa shape index (κ3) is 4.58. The molecule has 0 fully saturated rings. The Morgan fingerprint density at radius 3 is 2.80 bits per heavy atom. The molecule has 1 unspecified atom stereocenters. The average Bonchev–Trinajstić information content (AvgIpc) is 2.21. The molecule has 0 spiro atoms. The molecule has 2 nitrogen and oxygen atoms in total. The average molecular weight is 225 g/mol. The highest BCUT2D eigenvalue weighted by molar-refractivity contribution is 7.99. The van der Waals surface area contributed by atoms with Gasteiger partial charge in [0.1, 0.15) is 0 Å². The molecule has 0 aliphatic rings. The van der Waals surface area contributed by atoms with Crippen molar-refractivity contribution < 1.29 is 5.11 Å². The first kappa shape index (κ1) is 12.4. The third-order valence-electron chi connectivity index (χ3n) is 2.36. The summed E-state index contributed by atoms with van der Waals surface area (Å²) in [5.74, 6) is 1.06. The van der Waals surface area contributed by atoms with Crippen molar-refractivity contribution in [3.05, 3.63) is 29.8 Å². The van der Waals surface area contributed by atoms with Crippen molar-refractivity contribution in [3.63, 3.8) is 0 Å². The Labute approximate surface area is 95.9 Å². The zero-order valence-corrected chi connectivity index (χ0v) is 9.96. The van der Waals surface area contributed by atoms with Crippen LogP contribution < -0.4 is 5.73 Å². The molecule has 15 heavy (non-hydrogen) atoms. The lowest BCUT2D eigenvalue weighted by atomic mass is 10.1. The van der Waals surface area contributed by atoms with E-state index in [1.807, 2.05) is 30.0 Å². The second-order valence-electron chi connectivity index (χ2n) is 3.64. The highest BCUT2D eigenvalue weighted by atomic mass is 32.2. The van der Waals surface area contributed by atoms with Crippen LogP contribution in [-0.4, -0.2) is 22.7 Å². The Kier molecular flexibility index (Phi) is 5.58. The normalized spacial score (nSPS) is 12.7. The van der Waals surface area contributed by atoms with E-state index in [4.69, 9.17) is 10.8 Å². The monoisotopic (exact) mass is 225 g/mol. The van der Waals surface area contributed by atoms with E-state index in [2.05, 4.69) is 13.0 Å². The number of rotatable bonds is 6. The molecule has 0 bridgehead atoms. The Bertz CT molecular complexity index is 291. The summed E-state index contributed by atoms with van der Waals surface area (Å²) in [7, 11) is 0. The van der Waals surface area contributed by atoms with E-state index in [9.17, 15) is 0 Å². The zero-order chi connectivity index (χ0) is 11.1. The SMILES string of the molecule is CC(CCO)SCCc1ccccc1N. The Hall–Kier alpha value is -0.670. The predicted octanol–water partition coefficient (Wildman–Crippen LogP) is 2.32. The van der Waals surface area contributed by atoms with Crippen LogP contribution in [0, 0.1) is 0 Å². The number of aliphatic hydroxyl groups excluding tert-OH is 1. The van der Waals surface area contributed by atoms with Gasteiger partial charge in [0.2, 0.25) is 0 Å². The maximum atomic E-state index is 8.76. The van der Waals surface area contributed by atoms with Crippen LogP contribution in [0.15, 0.2) is 24.3 Å². The van der Waals surface area contributed by atoms with Crippen LogP contribution in [0.2, 0.25) is 0 Å². The van der Waals surface area contributed by atoms with Gasteiger partial charge in [-0.1, -0.05) is 25.1 Å². The van der Waals surface area contributed by atoms with Crippen LogP contribution in [0.4, 0.5) is 5.69 Å². The Morgan fingerprint density at radius 2 is 2.13 bits per heavy atom. The number of hydrogen-bond donors (Lipinski definition) is 2. The van der Waals surface area contributed by atoms with E-state index in [1.165, 1.54) is 5.56 Å². The van der Waals surface area contributed by atoms with Crippen molar-refractivity contribution >= 4 is 17.4 Å². The van der Waals surface area contributed by atoms with Crippen molar-refractivity contribution in [1.29, 1.82) is 0 Å². The molecule has 1 atom stereocenters. The van der Waals surface area contributed by atoms with Crippen LogP contribution in [0.5, 0.6) is 0 Å². The quantitative estimate of drug-likeness (QED) is 0.730. The van der Waals surface area contributed by atoms with Crippen molar-refractivity contribution in [2.75, 3.05) is 18.1 Å². The number of nitrogen functional groups attached to an aromatic ring is 1. The van der Waals surface area contributed by atoms with Gasteiger partial charge in [-0.3, -0.25) is 0 Å². The van der Waals surface area contributed by atoms with Gasteiger partial charge in [-0.2, -0.15) is 11.8 Å². The molecule has 0 amide bonds. The zero-order valence-electron chi connectivity index (χ0n) is 9.15. The summed E-state index contributed by atoms with van der Waals surface area (Å²) in [6.07, 6.45) is 1.88. The number of nitrogens with two attached hydrogens (primary N) is 1. The van der Waals surface area contributed by atoms with Gasteiger partial charge in [0.15, 0.2) is 0 Å². The molecule has 3 N–H and O–H groups in total. The topological polar surface area (TPSA) is 46.2 Å². The smallest absolute Gasteiger partial charge is 0.0441 e. The van der Waals surface area contributed by atoms with Crippen LogP contribution in [0.25, 0.3) is 0 Å². The van der Waals surface area contributed by atoms with Gasteiger partial charge in [-0.25, -0.2) is 0 Å². The van der Waals surface area contributed by atoms with Crippen LogP contribution in [0.3, 0.4) is 0 Å². The van der Waals surface area contributed by atoms with Crippen molar-refractivity contribution in [2.45, 2.75) is 25.0 Å². The number of aliphatic hydroxyl groups is 1. The minimum atomic E-state index is 0.279. The van der Waals surface area contributed by atoms with E-state index in [0.29, 0.717) is 5.25 Å². The first-order valence-electron chi connectivity index (χ1n) is 5.30. The summed E-state index contributed by atoms with van der Waals surface area (Å²) >= 11 is 1.89. The summed E-state index contributed by atoms with van der Waals surface area (Å²) in [5, 5.41) is 9.29. The lowest BCUT2D eigenvalue weighted by molar-refractivity contribution is 0.289. The molecule has 1 aromatic carbocycles. The number of para-hydroxylation sites is 1. The highest BCUT2D eigenvalue weighted by Crippen LogP contribution is 2.18. The maximum absolute atomic E-state index is 8.76. The molecule has 0 saturated carbocycles. The molecule has 0 aliphatic heterocycles. The molecule has 0 radical (unpaired) electrons. The van der Waals surface area contributed by atoms with E-state index in [-0.39, 0.29) is 6.61 Å². The van der Waals surface area contributed by atoms with Gasteiger partial charge < -0.3 is 10.8 Å². The van der Waals surface area contributed by atoms with Gasteiger partial charge >= 0.3 is 0 Å². The second kappa shape index (κ2) is 6.75. The molecular formula is C12H19NOS. The molecule has 3 heteroatoms. The number of hydrogen-bond acceptors (Lipinski definition) is 3. The number of thioether (sulfide) groups is 1. The van der Waals surface area contributed by atoms with E-state index in [1.54, 1.807) is 0 Å². The van der Waals surface area contributed by atoms with Crippen LogP contribution in [-0.2, 0) is 6.42 Å². The summed E-state index contributed by atoms with van der Waals surface area (Å²) in [6.45, 7) is 2.43. The minimum absolute atomic E-state index is 0.279. The van der Waals surface area contributed by atoms with Crippen molar-refractivity contribution in [2.24, 2.45) is 0 Å². The summed E-state index contributed by atoms with van der Waals surface area (Å²) in [6, 6.07) is 8.00. The molecule has 0 saturated heterocycles. The lowest BCUT2D eigenvalue weighted by Gasteiger charge is -2.10. The molecule has 0 aliphatic carbocycles. The minimum Gasteiger partial charge on any atom is -0.399 e. The molecule has 1 rings (SSSR count). The second-order valence-corrected chi connectivity index (χ2v) is 5.19. The number of benzene rings is 1. The predicted molar refractivity (Wildman–Crippen MR) is 68.2 cm³/mol. The van der Waals surface area contributed by atoms with Crippen LogP contribution >= 0.6 is 11.8 Å². The Balaban J connectivity index is 2.29. The fourth-order valence-electron chi connectivity index (χ4n) is 1.40. The lowest BCUT2D eigenvalue weighted by Crippen LogP contribution is -2.02.